The smallest absolute Gasteiger partial charge is 0.258 e. The van der Waals surface area contributed by atoms with Crippen LogP contribution in [0.25, 0.3) is 21.5 Å². The van der Waals surface area contributed by atoms with Crippen LogP contribution in [0, 0.1) is 0 Å². The van der Waals surface area contributed by atoms with Crippen molar-refractivity contribution in [3.05, 3.63) is 81.7 Å². The van der Waals surface area contributed by atoms with Crippen LogP contribution in [0.4, 0.5) is 0 Å². The molecule has 0 unspecified atom stereocenters. The lowest BCUT2D eigenvalue weighted by Gasteiger charge is -2.32. The van der Waals surface area contributed by atoms with Gasteiger partial charge < -0.3 is 20.1 Å². The summed E-state index contributed by atoms with van der Waals surface area (Å²) in [5.41, 5.74) is 0. The fourth-order valence-corrected chi connectivity index (χ4v) is 6.13. The second kappa shape index (κ2) is 12.2. The van der Waals surface area contributed by atoms with Crippen molar-refractivity contribution < 1.29 is 19.1 Å². The number of carbonyl (C=O) groups is 2. The molecule has 6 nitrogen and oxygen atoms in total. The van der Waals surface area contributed by atoms with Crippen LogP contribution in [0.2, 0.25) is 0 Å². The van der Waals surface area contributed by atoms with Gasteiger partial charge in [-0.15, -0.1) is 0 Å². The molecule has 1 aliphatic carbocycles. The average Bonchev–Trinajstić information content (AvgIpc) is 2.94. The molecular weight excluding hydrogens is 612 g/mol. The summed E-state index contributed by atoms with van der Waals surface area (Å²) in [6, 6.07) is 23.3. The Morgan fingerprint density at radius 2 is 1.08 bits per heavy atom. The molecule has 4 aromatic carbocycles. The number of fused-ring (bicyclic) bond motifs is 2. The minimum atomic E-state index is -0.215. The van der Waals surface area contributed by atoms with Gasteiger partial charge in [0.05, 0.1) is 8.95 Å². The first kappa shape index (κ1) is 26.5. The monoisotopic (exact) mass is 638 g/mol. The van der Waals surface area contributed by atoms with Crippen molar-refractivity contribution in [2.24, 2.45) is 0 Å². The number of rotatable bonds is 8. The van der Waals surface area contributed by atoms with Gasteiger partial charge in [-0.1, -0.05) is 73.5 Å². The third-order valence-corrected chi connectivity index (χ3v) is 8.47. The Bertz CT molecular complexity index is 1360. The Hall–Kier alpha value is -3.10. The third-order valence-electron chi connectivity index (χ3n) is 6.83. The van der Waals surface area contributed by atoms with Gasteiger partial charge in [0, 0.05) is 12.1 Å². The number of carbonyl (C=O) groups excluding carboxylic acids is 2. The highest BCUT2D eigenvalue weighted by molar-refractivity contribution is 9.11. The molecule has 2 atom stereocenters. The molecule has 5 rings (SSSR count). The number of halogens is 2. The maximum atomic E-state index is 12.8. The number of nitrogens with one attached hydrogen (secondary N) is 2. The standard InChI is InChI=1S/C30H28Br2N2O4/c31-29-21-9-3-1-7-19(21)13-15-25(29)37-17-27(35)33-23-11-5-6-12-24(23)34-28(36)18-38-26-16-14-20-8-2-4-10-22(20)30(26)32/h1-4,7-10,13-16,23-24H,5-6,11-12,17-18H2,(H,33,35)(H,34,36)/t23-,24+. The minimum absolute atomic E-state index is 0.104. The van der Waals surface area contributed by atoms with E-state index in [4.69, 9.17) is 9.47 Å². The normalized spacial score (nSPS) is 17.2. The van der Waals surface area contributed by atoms with E-state index in [1.54, 1.807) is 0 Å². The molecule has 1 saturated carbocycles. The molecule has 2 amide bonds. The number of benzene rings is 4. The van der Waals surface area contributed by atoms with Crippen molar-refractivity contribution in [2.75, 3.05) is 13.2 Å². The Labute approximate surface area is 238 Å². The molecule has 2 N–H and O–H groups in total. The summed E-state index contributed by atoms with van der Waals surface area (Å²) in [5, 5.41) is 10.4. The van der Waals surface area contributed by atoms with E-state index in [0.29, 0.717) is 11.5 Å². The molecule has 0 bridgehead atoms. The Morgan fingerprint density at radius 3 is 1.53 bits per heavy atom. The first-order chi connectivity index (χ1) is 18.5. The summed E-state index contributed by atoms with van der Waals surface area (Å²) in [7, 11) is 0. The Morgan fingerprint density at radius 1 is 0.658 bits per heavy atom. The topological polar surface area (TPSA) is 76.7 Å². The molecule has 0 saturated heterocycles. The van der Waals surface area contributed by atoms with Gasteiger partial charge in [0.1, 0.15) is 11.5 Å². The number of amides is 2. The number of ether oxygens (including phenoxy) is 2. The molecule has 196 valence electrons. The molecule has 0 aromatic heterocycles. The van der Waals surface area contributed by atoms with Crippen molar-refractivity contribution in [3.63, 3.8) is 0 Å². The van der Waals surface area contributed by atoms with Crippen LogP contribution < -0.4 is 20.1 Å². The van der Waals surface area contributed by atoms with Crippen LogP contribution in [-0.4, -0.2) is 37.1 Å². The summed E-state index contributed by atoms with van der Waals surface area (Å²) in [5.74, 6) is 0.800. The van der Waals surface area contributed by atoms with E-state index in [9.17, 15) is 9.59 Å². The van der Waals surface area contributed by atoms with Crippen LogP contribution >= 0.6 is 31.9 Å². The fourth-order valence-electron chi connectivity index (χ4n) is 4.91. The third kappa shape index (κ3) is 6.13. The van der Waals surface area contributed by atoms with E-state index >= 15 is 0 Å². The van der Waals surface area contributed by atoms with Gasteiger partial charge in [-0.25, -0.2) is 0 Å². The maximum Gasteiger partial charge on any atom is 0.258 e. The molecule has 0 heterocycles. The lowest BCUT2D eigenvalue weighted by atomic mass is 9.90. The number of hydrogen-bond acceptors (Lipinski definition) is 4. The quantitative estimate of drug-likeness (QED) is 0.230. The summed E-state index contributed by atoms with van der Waals surface area (Å²) in [4.78, 5) is 25.5. The van der Waals surface area contributed by atoms with Crippen molar-refractivity contribution in [3.8, 4) is 11.5 Å². The van der Waals surface area contributed by atoms with Crippen molar-refractivity contribution >= 4 is 65.2 Å². The van der Waals surface area contributed by atoms with Gasteiger partial charge in [0.2, 0.25) is 0 Å². The highest BCUT2D eigenvalue weighted by Gasteiger charge is 2.28. The molecule has 38 heavy (non-hydrogen) atoms. The van der Waals surface area contributed by atoms with Gasteiger partial charge in [0.25, 0.3) is 11.8 Å². The molecule has 8 heteroatoms. The van der Waals surface area contributed by atoms with Crippen molar-refractivity contribution in [2.45, 2.75) is 37.8 Å². The van der Waals surface area contributed by atoms with Gasteiger partial charge in [0.15, 0.2) is 13.2 Å². The van der Waals surface area contributed by atoms with Gasteiger partial charge in [-0.2, -0.15) is 0 Å². The first-order valence-electron chi connectivity index (χ1n) is 12.7. The highest BCUT2D eigenvalue weighted by atomic mass is 79.9. The fraction of sp³-hybridized carbons (Fsp3) is 0.267. The predicted molar refractivity (Wildman–Crippen MR) is 157 cm³/mol. The first-order valence-corrected chi connectivity index (χ1v) is 14.3. The van der Waals surface area contributed by atoms with E-state index < -0.39 is 0 Å². The molecule has 1 aliphatic rings. The molecule has 0 aliphatic heterocycles. The molecule has 1 fully saturated rings. The largest absolute Gasteiger partial charge is 0.483 e. The lowest BCUT2D eigenvalue weighted by Crippen LogP contribution is -2.54. The highest BCUT2D eigenvalue weighted by Crippen LogP contribution is 2.34. The molecule has 0 spiro atoms. The molecule has 4 aromatic rings. The zero-order valence-electron chi connectivity index (χ0n) is 20.7. The SMILES string of the molecule is O=C(COc1ccc2ccccc2c1Br)N[C@H]1CCCC[C@H]1NC(=O)COc1ccc2ccccc2c1Br. The van der Waals surface area contributed by atoms with Gasteiger partial charge in [-0.3, -0.25) is 9.59 Å². The van der Waals surface area contributed by atoms with Crippen LogP contribution in [0.5, 0.6) is 11.5 Å². The second-order valence-electron chi connectivity index (χ2n) is 9.41. The summed E-state index contributed by atoms with van der Waals surface area (Å²) in [6.07, 6.45) is 3.59. The van der Waals surface area contributed by atoms with Crippen LogP contribution in [0.1, 0.15) is 25.7 Å². The lowest BCUT2D eigenvalue weighted by molar-refractivity contribution is -0.127. The van der Waals surface area contributed by atoms with Crippen LogP contribution in [0.3, 0.4) is 0 Å². The molecular formula is C30H28Br2N2O4. The Kier molecular flexibility index (Phi) is 8.49. The van der Waals surface area contributed by atoms with Gasteiger partial charge in [-0.05, 0) is 78.4 Å². The zero-order chi connectivity index (χ0) is 26.5. The van der Waals surface area contributed by atoms with Crippen molar-refractivity contribution in [1.82, 2.24) is 10.6 Å². The number of hydrogen-bond donors (Lipinski definition) is 2. The second-order valence-corrected chi connectivity index (χ2v) is 11.0. The summed E-state index contributed by atoms with van der Waals surface area (Å²) in [6.45, 7) is -0.208. The zero-order valence-corrected chi connectivity index (χ0v) is 23.9. The van der Waals surface area contributed by atoms with E-state index in [2.05, 4.69) is 42.5 Å². The van der Waals surface area contributed by atoms with E-state index in [0.717, 1.165) is 56.2 Å². The molecule has 0 radical (unpaired) electrons. The average molecular weight is 640 g/mol. The van der Waals surface area contributed by atoms with E-state index in [1.807, 2.05) is 72.8 Å². The van der Waals surface area contributed by atoms with Crippen LogP contribution in [-0.2, 0) is 9.59 Å². The van der Waals surface area contributed by atoms with E-state index in [-0.39, 0.29) is 37.1 Å². The predicted octanol–water partition coefficient (Wildman–Crippen LogP) is 6.52. The minimum Gasteiger partial charge on any atom is -0.483 e. The van der Waals surface area contributed by atoms with Crippen molar-refractivity contribution in [1.29, 1.82) is 0 Å². The van der Waals surface area contributed by atoms with Gasteiger partial charge >= 0.3 is 0 Å². The Balaban J connectivity index is 1.14. The summed E-state index contributed by atoms with van der Waals surface area (Å²) >= 11 is 7.19. The maximum absolute atomic E-state index is 12.8. The summed E-state index contributed by atoms with van der Waals surface area (Å²) < 4.78 is 13.3. The van der Waals surface area contributed by atoms with Crippen LogP contribution in [0.15, 0.2) is 81.7 Å². The van der Waals surface area contributed by atoms with E-state index in [1.165, 1.54) is 0 Å².